The first-order valence-electron chi connectivity index (χ1n) is 4.37. The molecule has 0 atom stereocenters. The molecule has 108 valence electrons. The lowest BCUT2D eigenvalue weighted by atomic mass is 10.5. The van der Waals surface area contributed by atoms with Gasteiger partial charge in [0.1, 0.15) is 0 Å². The first-order chi connectivity index (χ1) is 8.61. The van der Waals surface area contributed by atoms with Gasteiger partial charge in [0.15, 0.2) is 5.82 Å². The summed E-state index contributed by atoms with van der Waals surface area (Å²) < 4.78 is 93.3. The van der Waals surface area contributed by atoms with E-state index in [1.165, 1.54) is 6.07 Å². The van der Waals surface area contributed by atoms with Crippen LogP contribution in [0.3, 0.4) is 0 Å². The van der Waals surface area contributed by atoms with Gasteiger partial charge in [-0.05, 0) is 12.1 Å². The molecule has 0 N–H and O–H groups in total. The molecule has 0 aliphatic heterocycles. The van der Waals surface area contributed by atoms with Gasteiger partial charge in [-0.2, -0.15) is 34.4 Å². The molecule has 0 aliphatic rings. The van der Waals surface area contributed by atoms with E-state index in [9.17, 15) is 34.4 Å². The van der Waals surface area contributed by atoms with Crippen LogP contribution in [-0.4, -0.2) is 33.3 Å². The predicted octanol–water partition coefficient (Wildman–Crippen LogP) is 0.993. The number of sulfonamides is 2. The van der Waals surface area contributed by atoms with Gasteiger partial charge in [0, 0.05) is 6.20 Å². The number of hydrogen-bond donors (Lipinski definition) is 0. The second-order valence-electron chi connectivity index (χ2n) is 3.00. The minimum atomic E-state index is -5.83. The first kappa shape index (κ1) is 15.6. The van der Waals surface area contributed by atoms with Gasteiger partial charge < -0.3 is 0 Å². The summed E-state index contributed by atoms with van der Waals surface area (Å²) in [7, 11) is -11.7. The molecule has 0 amide bonds. The monoisotopic (exact) mass is 322 g/mol. The Morgan fingerprint density at radius 2 is 1.42 bits per heavy atom. The number of anilines is 1. The zero-order valence-corrected chi connectivity index (χ0v) is 10.5. The van der Waals surface area contributed by atoms with Gasteiger partial charge in [-0.3, -0.25) is 0 Å². The Morgan fingerprint density at radius 3 is 1.74 bits per heavy atom. The highest BCUT2D eigenvalue weighted by Gasteiger charge is 2.46. The Bertz CT molecular complexity index is 594. The molecule has 1 rings (SSSR count). The number of hydrogen-bond acceptors (Lipinski definition) is 5. The Balaban J connectivity index is 3.55. The van der Waals surface area contributed by atoms with E-state index >= 15 is 0 Å². The third-order valence-corrected chi connectivity index (χ3v) is 5.19. The summed E-state index contributed by atoms with van der Waals surface area (Å²) in [6.07, 6.45) is 0.865. The van der Waals surface area contributed by atoms with E-state index in [2.05, 4.69) is 4.98 Å². The van der Waals surface area contributed by atoms with E-state index in [-0.39, 0.29) is 0 Å². The number of alkyl halides is 4. The maximum absolute atomic E-state index is 12.4. The summed E-state index contributed by atoms with van der Waals surface area (Å²) in [5.74, 6) is -9.45. The molecule has 19 heavy (non-hydrogen) atoms. The minimum absolute atomic E-state index is 0.694. The largest absolute Gasteiger partial charge is 0.356 e. The molecular formula is C7H6F4N2O4S2. The van der Waals surface area contributed by atoms with Gasteiger partial charge in [0.05, 0.1) is 0 Å². The maximum Gasteiger partial charge on any atom is 0.356 e. The van der Waals surface area contributed by atoms with Crippen molar-refractivity contribution in [3.63, 3.8) is 0 Å². The molecule has 6 nitrogen and oxygen atoms in total. The van der Waals surface area contributed by atoms with Crippen LogP contribution in [0.2, 0.25) is 0 Å². The molecule has 0 aliphatic carbocycles. The highest BCUT2D eigenvalue weighted by Crippen LogP contribution is 2.26. The molecule has 1 aromatic rings. The predicted molar refractivity (Wildman–Crippen MR) is 56.6 cm³/mol. The van der Waals surface area contributed by atoms with Crippen molar-refractivity contribution in [2.45, 2.75) is 11.5 Å². The smallest absolute Gasteiger partial charge is 0.237 e. The van der Waals surface area contributed by atoms with Crippen molar-refractivity contribution in [3.8, 4) is 0 Å². The quantitative estimate of drug-likeness (QED) is 0.755. The Morgan fingerprint density at radius 1 is 0.947 bits per heavy atom. The van der Waals surface area contributed by atoms with E-state index in [1.807, 2.05) is 0 Å². The SMILES string of the molecule is O=S(=O)(C(F)F)N(c1ccccn1)S(=O)(=O)C(F)F. The second-order valence-corrected chi connectivity index (χ2v) is 6.73. The van der Waals surface area contributed by atoms with Gasteiger partial charge in [0.25, 0.3) is 0 Å². The third kappa shape index (κ3) is 2.94. The zero-order valence-electron chi connectivity index (χ0n) is 8.82. The lowest BCUT2D eigenvalue weighted by Crippen LogP contribution is -2.43. The molecule has 0 fully saturated rings. The Kier molecular flexibility index (Phi) is 4.35. The third-order valence-electron chi connectivity index (χ3n) is 1.75. The number of nitrogens with zero attached hydrogens (tertiary/aromatic N) is 2. The molecule has 0 bridgehead atoms. The van der Waals surface area contributed by atoms with Gasteiger partial charge >= 0.3 is 31.6 Å². The summed E-state index contributed by atoms with van der Waals surface area (Å²) in [6, 6.07) is 2.96. The normalized spacial score (nSPS) is 12.9. The van der Waals surface area contributed by atoms with Crippen LogP contribution in [0.5, 0.6) is 0 Å². The van der Waals surface area contributed by atoms with E-state index in [4.69, 9.17) is 0 Å². The summed E-state index contributed by atoms with van der Waals surface area (Å²) >= 11 is 0. The molecule has 1 aromatic heterocycles. The Labute approximate surface area is 105 Å². The van der Waals surface area contributed by atoms with Crippen LogP contribution in [0.4, 0.5) is 23.4 Å². The van der Waals surface area contributed by atoms with Crippen LogP contribution in [0.15, 0.2) is 24.4 Å². The molecule has 0 radical (unpaired) electrons. The summed E-state index contributed by atoms with van der Waals surface area (Å²) in [6.45, 7) is 0. The minimum Gasteiger partial charge on any atom is -0.237 e. The maximum atomic E-state index is 12.4. The number of pyridine rings is 1. The molecule has 12 heteroatoms. The fourth-order valence-corrected chi connectivity index (χ4v) is 3.59. The number of rotatable bonds is 5. The topological polar surface area (TPSA) is 84.4 Å². The highest BCUT2D eigenvalue weighted by atomic mass is 32.3. The standard InChI is InChI=1S/C7H6F4N2O4S2/c8-6(9)18(14,15)13(19(16,17)7(10)11)5-3-1-2-4-12-5/h1-4,6-7H. The van der Waals surface area contributed by atoms with Crippen LogP contribution >= 0.6 is 0 Å². The molecule has 0 saturated carbocycles. The van der Waals surface area contributed by atoms with E-state index in [0.717, 1.165) is 12.3 Å². The van der Waals surface area contributed by atoms with Crippen molar-refractivity contribution in [1.29, 1.82) is 0 Å². The molecule has 0 aromatic carbocycles. The highest BCUT2D eigenvalue weighted by molar-refractivity contribution is 8.10. The van der Waals surface area contributed by atoms with E-state index < -0.39 is 41.1 Å². The van der Waals surface area contributed by atoms with Crippen LogP contribution in [-0.2, 0) is 20.0 Å². The van der Waals surface area contributed by atoms with Gasteiger partial charge in [0.2, 0.25) is 0 Å². The summed E-state index contributed by atoms with van der Waals surface area (Å²) in [5.41, 5.74) is 0. The van der Waals surface area contributed by atoms with Crippen LogP contribution in [0.25, 0.3) is 0 Å². The Hall–Kier alpha value is -1.43. The van der Waals surface area contributed by atoms with E-state index in [1.54, 1.807) is 0 Å². The van der Waals surface area contributed by atoms with Gasteiger partial charge in [-0.25, -0.2) is 4.98 Å². The summed E-state index contributed by atoms with van der Waals surface area (Å²) in [5, 5.41) is 0. The fraction of sp³-hybridized carbons (Fsp3) is 0.286. The van der Waals surface area contributed by atoms with Crippen molar-refractivity contribution in [2.75, 3.05) is 3.71 Å². The first-order valence-corrected chi connectivity index (χ1v) is 7.38. The lowest BCUT2D eigenvalue weighted by Gasteiger charge is -2.21. The average Bonchev–Trinajstić information content (AvgIpc) is 2.29. The van der Waals surface area contributed by atoms with Crippen LogP contribution in [0, 0.1) is 0 Å². The van der Waals surface area contributed by atoms with Gasteiger partial charge in [-0.15, -0.1) is 3.71 Å². The molecule has 0 spiro atoms. The van der Waals surface area contributed by atoms with Gasteiger partial charge in [-0.1, -0.05) is 6.07 Å². The average molecular weight is 322 g/mol. The summed E-state index contributed by atoms with van der Waals surface area (Å²) in [4.78, 5) is 3.18. The lowest BCUT2D eigenvalue weighted by molar-refractivity contribution is 0.230. The van der Waals surface area contributed by atoms with Crippen molar-refractivity contribution >= 4 is 25.9 Å². The van der Waals surface area contributed by atoms with Crippen molar-refractivity contribution in [2.24, 2.45) is 0 Å². The number of halogens is 4. The molecule has 0 saturated heterocycles. The molecule has 1 heterocycles. The molecule has 0 unspecified atom stereocenters. The van der Waals surface area contributed by atoms with Crippen molar-refractivity contribution in [1.82, 2.24) is 4.98 Å². The van der Waals surface area contributed by atoms with Crippen LogP contribution in [0.1, 0.15) is 0 Å². The number of aromatic nitrogens is 1. The second kappa shape index (κ2) is 5.28. The zero-order chi connectivity index (χ0) is 14.8. The van der Waals surface area contributed by atoms with Crippen molar-refractivity contribution < 1.29 is 34.4 Å². The van der Waals surface area contributed by atoms with Crippen molar-refractivity contribution in [3.05, 3.63) is 24.4 Å². The van der Waals surface area contributed by atoms with Crippen LogP contribution < -0.4 is 3.71 Å². The molecular weight excluding hydrogens is 316 g/mol. The van der Waals surface area contributed by atoms with E-state index in [0.29, 0.717) is 6.07 Å². The fourth-order valence-electron chi connectivity index (χ4n) is 1.01.